The summed E-state index contributed by atoms with van der Waals surface area (Å²) in [5.74, 6) is -5.06. The molecule has 0 aliphatic rings. The van der Waals surface area contributed by atoms with Gasteiger partial charge in [-0.1, -0.05) is 6.07 Å². The van der Waals surface area contributed by atoms with Gasteiger partial charge in [-0.25, -0.2) is 22.5 Å². The molecule has 2 heterocycles. The van der Waals surface area contributed by atoms with Gasteiger partial charge in [-0.2, -0.15) is 0 Å². The van der Waals surface area contributed by atoms with Crippen LogP contribution in [0.5, 0.6) is 11.5 Å². The minimum atomic E-state index is -1.40. The number of nitrogens with zero attached hydrogens (tertiary/aromatic N) is 1. The van der Waals surface area contributed by atoms with Crippen LogP contribution in [-0.2, 0) is 11.2 Å². The van der Waals surface area contributed by atoms with Crippen LogP contribution >= 0.6 is 0 Å². The van der Waals surface area contributed by atoms with Gasteiger partial charge in [-0.3, -0.25) is 4.79 Å². The molecule has 0 bridgehead atoms. The summed E-state index contributed by atoms with van der Waals surface area (Å²) < 4.78 is 63.5. The maximum absolute atomic E-state index is 14.8. The number of carbonyl (C=O) groups is 1. The zero-order valence-corrected chi connectivity index (χ0v) is 19.4. The van der Waals surface area contributed by atoms with Crippen molar-refractivity contribution in [1.29, 1.82) is 0 Å². The maximum atomic E-state index is 14.8. The summed E-state index contributed by atoms with van der Waals surface area (Å²) in [7, 11) is 0. The SMILES string of the molecule is O=C(O)CCc1cc(F)cc(C(O)c2c[nH]c(-c3cc(Oc4c(F)cc5[nH]ccc5c4F)ccc3F)n2)c1. The van der Waals surface area contributed by atoms with E-state index in [-0.39, 0.29) is 52.1 Å². The summed E-state index contributed by atoms with van der Waals surface area (Å²) in [5.41, 5.74) is 0.694. The van der Waals surface area contributed by atoms with E-state index < -0.39 is 41.1 Å². The molecule has 1 unspecified atom stereocenters. The van der Waals surface area contributed by atoms with Crippen molar-refractivity contribution in [3.8, 4) is 22.9 Å². The monoisotopic (exact) mass is 525 g/mol. The fraction of sp³-hybridized carbons (Fsp3) is 0.111. The van der Waals surface area contributed by atoms with Crippen LogP contribution in [0.15, 0.2) is 60.9 Å². The molecular formula is C27H19F4N3O4. The number of aliphatic hydroxyl groups is 1. The van der Waals surface area contributed by atoms with Gasteiger partial charge in [0.2, 0.25) is 0 Å². The summed E-state index contributed by atoms with van der Waals surface area (Å²) >= 11 is 0. The van der Waals surface area contributed by atoms with Gasteiger partial charge in [0, 0.05) is 30.3 Å². The second-order valence-electron chi connectivity index (χ2n) is 8.55. The Labute approximate surface area is 212 Å². The molecule has 5 aromatic rings. The molecule has 11 heteroatoms. The lowest BCUT2D eigenvalue weighted by molar-refractivity contribution is -0.136. The van der Waals surface area contributed by atoms with E-state index in [0.29, 0.717) is 5.56 Å². The number of aliphatic carboxylic acids is 1. The number of H-pyrrole nitrogens is 2. The van der Waals surface area contributed by atoms with E-state index in [4.69, 9.17) is 9.84 Å². The first kappa shape index (κ1) is 25.0. The fourth-order valence-corrected chi connectivity index (χ4v) is 4.09. The van der Waals surface area contributed by atoms with Crippen molar-refractivity contribution in [2.24, 2.45) is 0 Å². The van der Waals surface area contributed by atoms with E-state index in [0.717, 1.165) is 18.2 Å². The van der Waals surface area contributed by atoms with Crippen molar-refractivity contribution in [3.63, 3.8) is 0 Å². The molecule has 0 radical (unpaired) electrons. The number of rotatable bonds is 8. The molecule has 0 aliphatic heterocycles. The highest BCUT2D eigenvalue weighted by molar-refractivity contribution is 5.82. The largest absolute Gasteiger partial charge is 0.481 e. The van der Waals surface area contributed by atoms with Gasteiger partial charge >= 0.3 is 5.97 Å². The summed E-state index contributed by atoms with van der Waals surface area (Å²) in [6.45, 7) is 0. The Morgan fingerprint density at radius 1 is 1.00 bits per heavy atom. The average Bonchev–Trinajstić information content (AvgIpc) is 3.55. The molecule has 7 nitrogen and oxygen atoms in total. The van der Waals surface area contributed by atoms with Crippen LogP contribution in [0.3, 0.4) is 0 Å². The van der Waals surface area contributed by atoms with Crippen LogP contribution in [-0.4, -0.2) is 31.1 Å². The predicted molar refractivity (Wildman–Crippen MR) is 129 cm³/mol. The van der Waals surface area contributed by atoms with Crippen molar-refractivity contribution in [2.45, 2.75) is 18.9 Å². The van der Waals surface area contributed by atoms with Gasteiger partial charge in [0.25, 0.3) is 0 Å². The minimum Gasteiger partial charge on any atom is -0.481 e. The number of nitrogens with one attached hydrogen (secondary N) is 2. The lowest BCUT2D eigenvalue weighted by Gasteiger charge is -2.11. The van der Waals surface area contributed by atoms with Gasteiger partial charge in [-0.05, 0) is 53.9 Å². The van der Waals surface area contributed by atoms with E-state index in [1.54, 1.807) is 0 Å². The fourth-order valence-electron chi connectivity index (χ4n) is 4.09. The molecule has 0 amide bonds. The molecule has 2 aromatic heterocycles. The first-order valence-electron chi connectivity index (χ1n) is 11.4. The lowest BCUT2D eigenvalue weighted by atomic mass is 10.0. The number of carboxylic acid groups (broad SMARTS) is 1. The molecule has 1 atom stereocenters. The normalized spacial score (nSPS) is 12.1. The molecule has 0 fully saturated rings. The number of ether oxygens (including phenoxy) is 1. The van der Waals surface area contributed by atoms with Crippen molar-refractivity contribution in [1.82, 2.24) is 15.0 Å². The number of halogens is 4. The lowest BCUT2D eigenvalue weighted by Crippen LogP contribution is -2.04. The zero-order chi connectivity index (χ0) is 27.0. The average molecular weight is 525 g/mol. The first-order chi connectivity index (χ1) is 18.2. The van der Waals surface area contributed by atoms with Crippen molar-refractivity contribution >= 4 is 16.9 Å². The van der Waals surface area contributed by atoms with Crippen molar-refractivity contribution in [2.75, 3.05) is 0 Å². The highest BCUT2D eigenvalue weighted by Gasteiger charge is 2.20. The molecule has 194 valence electrons. The van der Waals surface area contributed by atoms with Crippen LogP contribution in [0.1, 0.15) is 29.3 Å². The number of aryl methyl sites for hydroxylation is 1. The Morgan fingerprint density at radius 3 is 2.61 bits per heavy atom. The van der Waals surface area contributed by atoms with Crippen LogP contribution in [0.2, 0.25) is 0 Å². The zero-order valence-electron chi connectivity index (χ0n) is 19.4. The third-order valence-electron chi connectivity index (χ3n) is 5.92. The van der Waals surface area contributed by atoms with Gasteiger partial charge in [0.05, 0.1) is 16.8 Å². The standard InChI is InChI=1S/C27H19F4N3O4/c28-15-8-13(1-4-23(35)36)7-14(9-15)25(37)22-12-33-27(34-22)18-10-16(2-3-19(18)29)38-26-20(30)11-21-17(24(26)31)5-6-32-21/h2-3,5-12,25,32,37H,1,4H2,(H,33,34)(H,35,36). The Balaban J connectivity index is 1.42. The van der Waals surface area contributed by atoms with Crippen LogP contribution in [0.4, 0.5) is 17.6 Å². The molecule has 0 aliphatic carbocycles. The minimum absolute atomic E-state index is 0.0217. The first-order valence-corrected chi connectivity index (χ1v) is 11.4. The molecule has 3 aromatic carbocycles. The van der Waals surface area contributed by atoms with Crippen molar-refractivity contribution in [3.05, 3.63) is 101 Å². The van der Waals surface area contributed by atoms with E-state index in [1.807, 2.05) is 0 Å². The Hall–Kier alpha value is -4.64. The van der Waals surface area contributed by atoms with E-state index >= 15 is 0 Å². The van der Waals surface area contributed by atoms with Gasteiger partial charge in [0.15, 0.2) is 17.4 Å². The molecule has 38 heavy (non-hydrogen) atoms. The third kappa shape index (κ3) is 4.96. The summed E-state index contributed by atoms with van der Waals surface area (Å²) in [5, 5.41) is 19.7. The van der Waals surface area contributed by atoms with E-state index in [2.05, 4.69) is 15.0 Å². The smallest absolute Gasteiger partial charge is 0.303 e. The van der Waals surface area contributed by atoms with E-state index in [9.17, 15) is 27.5 Å². The molecule has 0 spiro atoms. The molecular weight excluding hydrogens is 506 g/mol. The molecule has 4 N–H and O–H groups in total. The van der Waals surface area contributed by atoms with Crippen LogP contribution in [0, 0.1) is 23.3 Å². The second kappa shape index (κ2) is 10.0. The van der Waals surface area contributed by atoms with Gasteiger partial charge in [-0.15, -0.1) is 0 Å². The van der Waals surface area contributed by atoms with E-state index in [1.165, 1.54) is 42.7 Å². The van der Waals surface area contributed by atoms with Gasteiger partial charge < -0.3 is 24.9 Å². The van der Waals surface area contributed by atoms with Crippen LogP contribution < -0.4 is 4.74 Å². The number of hydrogen-bond acceptors (Lipinski definition) is 4. The molecule has 0 saturated carbocycles. The summed E-state index contributed by atoms with van der Waals surface area (Å²) in [6, 6.07) is 9.66. The maximum Gasteiger partial charge on any atom is 0.303 e. The highest BCUT2D eigenvalue weighted by Crippen LogP contribution is 2.35. The number of fused-ring (bicyclic) bond motifs is 1. The highest BCUT2D eigenvalue weighted by atomic mass is 19.1. The number of imidazole rings is 1. The topological polar surface area (TPSA) is 111 Å². The summed E-state index contributed by atoms with van der Waals surface area (Å²) in [4.78, 5) is 20.5. The van der Waals surface area contributed by atoms with Crippen molar-refractivity contribution < 1.29 is 37.3 Å². The second-order valence-corrected chi connectivity index (χ2v) is 8.55. The summed E-state index contributed by atoms with van der Waals surface area (Å²) in [6.07, 6.45) is 1.20. The number of carboxylic acids is 1. The Kier molecular flexibility index (Phi) is 6.60. The number of aromatic nitrogens is 3. The predicted octanol–water partition coefficient (Wildman–Crippen LogP) is 6.01. The third-order valence-corrected chi connectivity index (χ3v) is 5.92. The van der Waals surface area contributed by atoms with Crippen LogP contribution in [0.25, 0.3) is 22.3 Å². The molecule has 5 rings (SSSR count). The Morgan fingerprint density at radius 2 is 1.82 bits per heavy atom. The number of aliphatic hydroxyl groups excluding tert-OH is 1. The molecule has 0 saturated heterocycles. The van der Waals surface area contributed by atoms with Gasteiger partial charge in [0.1, 0.15) is 29.3 Å². The number of benzene rings is 3. The Bertz CT molecular complexity index is 1660. The quantitative estimate of drug-likeness (QED) is 0.186. The number of hydrogen-bond donors (Lipinski definition) is 4. The number of aromatic amines is 2.